The van der Waals surface area contributed by atoms with Crippen LogP contribution in [-0.4, -0.2) is 95.1 Å². The van der Waals surface area contributed by atoms with Gasteiger partial charge < -0.3 is 31.1 Å². The molecule has 2 heterocycles. The first-order chi connectivity index (χ1) is 21.7. The maximum Gasteiger partial charge on any atom is 0.315 e. The number of carbonyl (C=O) groups excluding carboxylic acids is 6. The molecule has 2 saturated heterocycles. The second kappa shape index (κ2) is 15.4. The first kappa shape index (κ1) is 38.3. The summed E-state index contributed by atoms with van der Waals surface area (Å²) in [5.74, 6) is -2.12. The summed E-state index contributed by atoms with van der Waals surface area (Å²) in [6.07, 6.45) is 5.83. The number of likely N-dealkylation sites (tertiary alicyclic amines) is 2. The molecule has 4 atom stereocenters. The minimum absolute atomic E-state index is 0.0225. The van der Waals surface area contributed by atoms with Gasteiger partial charge in [0.1, 0.15) is 12.1 Å². The normalized spacial score (nSPS) is 21.8. The molecule has 266 valence electrons. The highest BCUT2D eigenvalue weighted by Crippen LogP contribution is 2.32. The molecular formula is C35H60N6O6. The first-order valence-corrected chi connectivity index (χ1v) is 17.5. The molecule has 6 amide bonds. The average Bonchev–Trinajstić information content (AvgIpc) is 3.63. The van der Waals surface area contributed by atoms with Crippen LogP contribution in [0.4, 0.5) is 4.79 Å². The zero-order valence-corrected chi connectivity index (χ0v) is 30.2. The Morgan fingerprint density at radius 1 is 0.915 bits per heavy atom. The van der Waals surface area contributed by atoms with E-state index in [9.17, 15) is 28.8 Å². The van der Waals surface area contributed by atoms with Gasteiger partial charge in [0.15, 0.2) is 0 Å². The van der Waals surface area contributed by atoms with Crippen LogP contribution in [0.2, 0.25) is 0 Å². The predicted octanol–water partition coefficient (Wildman–Crippen LogP) is 3.28. The number of piperidine rings is 1. The van der Waals surface area contributed by atoms with Crippen molar-refractivity contribution in [3.8, 4) is 0 Å². The number of rotatable bonds is 13. The quantitative estimate of drug-likeness (QED) is 0.222. The molecule has 3 fully saturated rings. The summed E-state index contributed by atoms with van der Waals surface area (Å²) >= 11 is 0. The summed E-state index contributed by atoms with van der Waals surface area (Å²) in [5.41, 5.74) is -1.10. The minimum Gasteiger partial charge on any atom is -0.347 e. The molecule has 1 saturated carbocycles. The molecule has 1 unspecified atom stereocenters. The van der Waals surface area contributed by atoms with Crippen LogP contribution in [0.3, 0.4) is 0 Å². The molecule has 4 N–H and O–H groups in total. The van der Waals surface area contributed by atoms with Gasteiger partial charge in [-0.2, -0.15) is 0 Å². The van der Waals surface area contributed by atoms with Gasteiger partial charge in [-0.15, -0.1) is 0 Å². The average molecular weight is 661 g/mol. The molecule has 47 heavy (non-hydrogen) atoms. The number of carbonyl (C=O) groups is 6. The molecule has 0 spiro atoms. The van der Waals surface area contributed by atoms with Crippen LogP contribution in [0, 0.1) is 16.2 Å². The van der Waals surface area contributed by atoms with Crippen LogP contribution in [0.15, 0.2) is 0 Å². The molecule has 0 aromatic rings. The Labute approximate surface area is 281 Å². The SMILES string of the molecule is CCCCC(NC(=O)[C@@H]1CCCN1C(=O)[C@@H](NC(=O)N[C@H](CN1CCC(C)(C)CC1=O)C(C)(C)C)C(C)(C)C)C(=O)C(=O)NC1CC1. The third kappa shape index (κ3) is 10.9. The molecular weight excluding hydrogens is 600 g/mol. The molecule has 3 aliphatic rings. The van der Waals surface area contributed by atoms with Gasteiger partial charge in [0, 0.05) is 32.1 Å². The Morgan fingerprint density at radius 2 is 1.57 bits per heavy atom. The topological polar surface area (TPSA) is 157 Å². The number of nitrogens with zero attached hydrogens (tertiary/aromatic N) is 2. The van der Waals surface area contributed by atoms with Gasteiger partial charge in [-0.25, -0.2) is 4.79 Å². The zero-order chi connectivity index (χ0) is 35.3. The Hall–Kier alpha value is -3.18. The molecule has 1 aliphatic carbocycles. The van der Waals surface area contributed by atoms with E-state index in [1.807, 2.05) is 53.4 Å². The number of hydrogen-bond acceptors (Lipinski definition) is 6. The maximum absolute atomic E-state index is 14.1. The second-order valence-electron chi connectivity index (χ2n) is 16.8. The molecule has 3 rings (SSSR count). The number of urea groups is 1. The van der Waals surface area contributed by atoms with E-state index in [0.29, 0.717) is 51.7 Å². The highest BCUT2D eigenvalue weighted by molar-refractivity contribution is 6.38. The van der Waals surface area contributed by atoms with Crippen molar-refractivity contribution in [1.82, 2.24) is 31.1 Å². The smallest absolute Gasteiger partial charge is 0.315 e. The van der Waals surface area contributed by atoms with Crippen molar-refractivity contribution in [2.45, 2.75) is 150 Å². The summed E-state index contributed by atoms with van der Waals surface area (Å²) in [5, 5.41) is 11.4. The Bertz CT molecular complexity index is 1180. The van der Waals surface area contributed by atoms with Gasteiger partial charge in [0.2, 0.25) is 23.5 Å². The zero-order valence-electron chi connectivity index (χ0n) is 30.2. The van der Waals surface area contributed by atoms with E-state index in [2.05, 4.69) is 35.1 Å². The number of nitrogens with one attached hydrogen (secondary N) is 4. The monoisotopic (exact) mass is 660 g/mol. The van der Waals surface area contributed by atoms with Crippen LogP contribution in [0.5, 0.6) is 0 Å². The summed E-state index contributed by atoms with van der Waals surface area (Å²) < 4.78 is 0. The van der Waals surface area contributed by atoms with Crippen molar-refractivity contribution >= 4 is 35.4 Å². The summed E-state index contributed by atoms with van der Waals surface area (Å²) in [6.45, 7) is 19.1. The highest BCUT2D eigenvalue weighted by atomic mass is 16.2. The van der Waals surface area contributed by atoms with Crippen LogP contribution >= 0.6 is 0 Å². The fraction of sp³-hybridized carbons (Fsp3) is 0.829. The van der Waals surface area contributed by atoms with Crippen LogP contribution < -0.4 is 21.3 Å². The lowest BCUT2D eigenvalue weighted by Crippen LogP contribution is -2.62. The van der Waals surface area contributed by atoms with E-state index < -0.39 is 47.2 Å². The Morgan fingerprint density at radius 3 is 2.13 bits per heavy atom. The first-order valence-electron chi connectivity index (χ1n) is 17.5. The van der Waals surface area contributed by atoms with Crippen LogP contribution in [0.1, 0.15) is 120 Å². The molecule has 12 nitrogen and oxygen atoms in total. The predicted molar refractivity (Wildman–Crippen MR) is 180 cm³/mol. The van der Waals surface area contributed by atoms with Crippen LogP contribution in [-0.2, 0) is 24.0 Å². The number of Topliss-reactive ketones (excluding diaryl/α,β-unsaturated/α-hetero) is 1. The van der Waals surface area contributed by atoms with Crippen molar-refractivity contribution in [2.24, 2.45) is 16.2 Å². The lowest BCUT2D eigenvalue weighted by atomic mass is 9.81. The van der Waals surface area contributed by atoms with Crippen molar-refractivity contribution < 1.29 is 28.8 Å². The Kier molecular flexibility index (Phi) is 12.5. The molecule has 0 bridgehead atoms. The summed E-state index contributed by atoms with van der Waals surface area (Å²) in [4.78, 5) is 82.9. The van der Waals surface area contributed by atoms with Gasteiger partial charge in [-0.3, -0.25) is 24.0 Å². The Balaban J connectivity index is 1.70. The van der Waals surface area contributed by atoms with Gasteiger partial charge in [0.05, 0.1) is 12.1 Å². The number of amides is 6. The van der Waals surface area contributed by atoms with Crippen LogP contribution in [0.25, 0.3) is 0 Å². The fourth-order valence-electron chi connectivity index (χ4n) is 6.16. The van der Waals surface area contributed by atoms with Crippen molar-refractivity contribution in [1.29, 1.82) is 0 Å². The van der Waals surface area contributed by atoms with E-state index in [1.165, 1.54) is 4.90 Å². The summed E-state index contributed by atoms with van der Waals surface area (Å²) in [7, 11) is 0. The van der Waals surface area contributed by atoms with E-state index >= 15 is 0 Å². The third-order valence-corrected chi connectivity index (χ3v) is 9.64. The van der Waals surface area contributed by atoms with Gasteiger partial charge in [0.25, 0.3) is 5.91 Å². The summed E-state index contributed by atoms with van der Waals surface area (Å²) in [6, 6.07) is -3.60. The van der Waals surface area contributed by atoms with E-state index in [-0.39, 0.29) is 34.7 Å². The fourth-order valence-corrected chi connectivity index (χ4v) is 6.16. The molecule has 12 heteroatoms. The maximum atomic E-state index is 14.1. The van der Waals surface area contributed by atoms with Gasteiger partial charge in [-0.1, -0.05) is 75.2 Å². The molecule has 0 aromatic heterocycles. The third-order valence-electron chi connectivity index (χ3n) is 9.64. The molecule has 0 radical (unpaired) electrons. The highest BCUT2D eigenvalue weighted by Gasteiger charge is 2.44. The van der Waals surface area contributed by atoms with Crippen molar-refractivity contribution in [3.63, 3.8) is 0 Å². The lowest BCUT2D eigenvalue weighted by Gasteiger charge is -2.41. The number of ketones is 1. The van der Waals surface area contributed by atoms with Gasteiger partial charge in [-0.05, 0) is 54.8 Å². The number of unbranched alkanes of at least 4 members (excludes halogenated alkanes) is 1. The largest absolute Gasteiger partial charge is 0.347 e. The second-order valence-corrected chi connectivity index (χ2v) is 16.8. The van der Waals surface area contributed by atoms with Crippen molar-refractivity contribution in [2.75, 3.05) is 19.6 Å². The minimum atomic E-state index is -0.965. The van der Waals surface area contributed by atoms with E-state index in [0.717, 1.165) is 25.7 Å². The molecule has 0 aromatic carbocycles. The van der Waals surface area contributed by atoms with E-state index in [1.54, 1.807) is 0 Å². The van der Waals surface area contributed by atoms with Crippen molar-refractivity contribution in [3.05, 3.63) is 0 Å². The standard InChI is InChI=1S/C35H60N6O6/c1-10-11-13-23(27(43)30(45)36-22-15-16-22)37-29(44)24-14-12-18-41(24)31(46)28(34(5,6)7)39-32(47)38-25(33(2,3)4)21-40-19-17-35(8,9)20-26(40)42/h22-25,28H,10-21H2,1-9H3,(H,36,45)(H,37,44)(H2,38,39,47)/t23?,24-,25+,28+/m0/s1. The van der Waals surface area contributed by atoms with Gasteiger partial charge >= 0.3 is 6.03 Å². The lowest BCUT2D eigenvalue weighted by molar-refractivity contribution is -0.143. The van der Waals surface area contributed by atoms with E-state index in [4.69, 9.17) is 0 Å². The number of hydrogen-bond donors (Lipinski definition) is 4. The molecule has 2 aliphatic heterocycles.